The van der Waals surface area contributed by atoms with Crippen LogP contribution in [0.15, 0.2) is 60.9 Å². The lowest BCUT2D eigenvalue weighted by atomic mass is 9.95. The van der Waals surface area contributed by atoms with Crippen LogP contribution in [0.2, 0.25) is 0 Å². The van der Waals surface area contributed by atoms with Crippen molar-refractivity contribution in [2.24, 2.45) is 0 Å². The average Bonchev–Trinajstić information content (AvgIpc) is 3.27. The van der Waals surface area contributed by atoms with E-state index in [1.165, 1.54) is 11.1 Å². The van der Waals surface area contributed by atoms with Crippen LogP contribution in [0, 0.1) is 6.92 Å². The SMILES string of the molecule is CCc1nccn1CCCOc1cccc(CN2CCC[C@](COc3ccc(C)cc3)(OC)CC2)c1. The minimum absolute atomic E-state index is 0.239. The minimum Gasteiger partial charge on any atom is -0.494 e. The van der Waals surface area contributed by atoms with Crippen molar-refractivity contribution in [1.82, 2.24) is 14.5 Å². The molecule has 4 rings (SSSR count). The molecule has 1 aromatic heterocycles. The number of methoxy groups -OCH3 is 1. The van der Waals surface area contributed by atoms with Gasteiger partial charge in [-0.1, -0.05) is 36.8 Å². The Hall–Kier alpha value is -2.83. The quantitative estimate of drug-likeness (QED) is 0.305. The first-order valence-corrected chi connectivity index (χ1v) is 13.3. The fraction of sp³-hybridized carbons (Fsp3) is 0.500. The van der Waals surface area contributed by atoms with E-state index >= 15 is 0 Å². The smallest absolute Gasteiger partial charge is 0.119 e. The third-order valence-corrected chi connectivity index (χ3v) is 7.18. The number of hydrogen-bond acceptors (Lipinski definition) is 5. The molecule has 1 saturated heterocycles. The molecule has 0 N–H and O–H groups in total. The molecule has 2 heterocycles. The summed E-state index contributed by atoms with van der Waals surface area (Å²) in [5.41, 5.74) is 2.29. The van der Waals surface area contributed by atoms with Crippen LogP contribution in [0.25, 0.3) is 0 Å². The number of aryl methyl sites for hydroxylation is 3. The molecule has 0 spiro atoms. The van der Waals surface area contributed by atoms with Crippen molar-refractivity contribution in [2.45, 2.75) is 64.6 Å². The zero-order chi connectivity index (χ0) is 25.2. The lowest BCUT2D eigenvalue weighted by molar-refractivity contribution is -0.0541. The van der Waals surface area contributed by atoms with Crippen LogP contribution in [-0.2, 0) is 24.2 Å². The van der Waals surface area contributed by atoms with E-state index in [-0.39, 0.29) is 5.60 Å². The lowest BCUT2D eigenvalue weighted by Gasteiger charge is -2.31. The number of imidazole rings is 1. The van der Waals surface area contributed by atoms with Gasteiger partial charge < -0.3 is 18.8 Å². The van der Waals surface area contributed by atoms with E-state index in [2.05, 4.69) is 64.7 Å². The summed E-state index contributed by atoms with van der Waals surface area (Å²) in [6.07, 6.45) is 8.90. The van der Waals surface area contributed by atoms with Crippen molar-refractivity contribution >= 4 is 0 Å². The van der Waals surface area contributed by atoms with Gasteiger partial charge in [0.2, 0.25) is 0 Å². The third kappa shape index (κ3) is 7.34. The number of aromatic nitrogens is 2. The van der Waals surface area contributed by atoms with E-state index in [1.807, 2.05) is 31.6 Å². The van der Waals surface area contributed by atoms with Crippen LogP contribution >= 0.6 is 0 Å². The maximum atomic E-state index is 6.14. The van der Waals surface area contributed by atoms with Crippen LogP contribution in [0.3, 0.4) is 0 Å². The molecule has 1 aliphatic heterocycles. The van der Waals surface area contributed by atoms with Crippen molar-refractivity contribution in [3.05, 3.63) is 77.9 Å². The number of rotatable bonds is 12. The molecule has 0 unspecified atom stereocenters. The molecule has 0 amide bonds. The van der Waals surface area contributed by atoms with E-state index in [9.17, 15) is 0 Å². The monoisotopic (exact) mass is 491 g/mol. The first-order chi connectivity index (χ1) is 17.6. The molecule has 0 aliphatic carbocycles. The van der Waals surface area contributed by atoms with Crippen molar-refractivity contribution in [1.29, 1.82) is 0 Å². The Morgan fingerprint density at radius 1 is 1.00 bits per heavy atom. The van der Waals surface area contributed by atoms with Crippen molar-refractivity contribution < 1.29 is 14.2 Å². The van der Waals surface area contributed by atoms with Gasteiger partial charge in [0.15, 0.2) is 0 Å². The van der Waals surface area contributed by atoms with Crippen molar-refractivity contribution in [3.63, 3.8) is 0 Å². The molecule has 194 valence electrons. The van der Waals surface area contributed by atoms with Gasteiger partial charge in [0.05, 0.1) is 6.61 Å². The summed E-state index contributed by atoms with van der Waals surface area (Å²) in [6, 6.07) is 16.8. The van der Waals surface area contributed by atoms with Crippen LogP contribution < -0.4 is 9.47 Å². The van der Waals surface area contributed by atoms with Crippen LogP contribution in [0.5, 0.6) is 11.5 Å². The zero-order valence-electron chi connectivity index (χ0n) is 22.1. The van der Waals surface area contributed by atoms with Gasteiger partial charge in [-0.15, -0.1) is 0 Å². The highest BCUT2D eigenvalue weighted by Crippen LogP contribution is 2.28. The minimum atomic E-state index is -0.239. The summed E-state index contributed by atoms with van der Waals surface area (Å²) >= 11 is 0. The summed E-state index contributed by atoms with van der Waals surface area (Å²) in [7, 11) is 1.82. The van der Waals surface area contributed by atoms with Crippen molar-refractivity contribution in [3.8, 4) is 11.5 Å². The van der Waals surface area contributed by atoms with Crippen LogP contribution in [0.1, 0.15) is 49.6 Å². The molecule has 1 atom stereocenters. The molecule has 3 aromatic rings. The van der Waals surface area contributed by atoms with Gasteiger partial charge in [-0.2, -0.15) is 0 Å². The second-order valence-electron chi connectivity index (χ2n) is 9.86. The average molecular weight is 492 g/mol. The fourth-order valence-electron chi connectivity index (χ4n) is 4.91. The van der Waals surface area contributed by atoms with Gasteiger partial charge in [0, 0.05) is 45.6 Å². The van der Waals surface area contributed by atoms with Crippen LogP contribution in [0.4, 0.5) is 0 Å². The van der Waals surface area contributed by atoms with E-state index in [0.717, 1.165) is 75.6 Å². The zero-order valence-corrected chi connectivity index (χ0v) is 22.1. The van der Waals surface area contributed by atoms with Gasteiger partial charge in [0.1, 0.15) is 29.5 Å². The predicted molar refractivity (Wildman–Crippen MR) is 144 cm³/mol. The van der Waals surface area contributed by atoms with Gasteiger partial charge in [-0.05, 0) is 69.0 Å². The first-order valence-electron chi connectivity index (χ1n) is 13.3. The number of benzene rings is 2. The second kappa shape index (κ2) is 12.9. The summed E-state index contributed by atoms with van der Waals surface area (Å²) in [5, 5.41) is 0. The molecule has 1 aliphatic rings. The van der Waals surface area contributed by atoms with E-state index in [0.29, 0.717) is 13.2 Å². The highest BCUT2D eigenvalue weighted by atomic mass is 16.5. The predicted octanol–water partition coefficient (Wildman–Crippen LogP) is 5.67. The molecular weight excluding hydrogens is 450 g/mol. The molecule has 1 fully saturated rings. The van der Waals surface area contributed by atoms with Crippen LogP contribution in [-0.4, -0.2) is 53.5 Å². The maximum absolute atomic E-state index is 6.14. The topological polar surface area (TPSA) is 48.8 Å². The molecule has 2 aromatic carbocycles. The highest BCUT2D eigenvalue weighted by molar-refractivity contribution is 5.28. The first kappa shape index (κ1) is 26.2. The van der Waals surface area contributed by atoms with Gasteiger partial charge in [0.25, 0.3) is 0 Å². The van der Waals surface area contributed by atoms with Crippen molar-refractivity contribution in [2.75, 3.05) is 33.4 Å². The summed E-state index contributed by atoms with van der Waals surface area (Å²) < 4.78 is 20.5. The summed E-state index contributed by atoms with van der Waals surface area (Å²) in [5.74, 6) is 2.99. The Bertz CT molecular complexity index is 1070. The molecule has 36 heavy (non-hydrogen) atoms. The molecule has 6 nitrogen and oxygen atoms in total. The Labute approximate surface area is 216 Å². The molecule has 6 heteroatoms. The second-order valence-corrected chi connectivity index (χ2v) is 9.86. The Balaban J connectivity index is 1.25. The lowest BCUT2D eigenvalue weighted by Crippen LogP contribution is -2.39. The largest absolute Gasteiger partial charge is 0.494 e. The standard InChI is InChI=1S/C30H41N3O3/c1-4-29-31-16-20-33(29)18-7-21-35-28-9-5-8-26(22-28)23-32-17-6-14-30(34-3,15-19-32)24-36-27-12-10-25(2)11-13-27/h5,8-13,16,20,22H,4,6-7,14-15,17-19,21,23-24H2,1-3H3/t30-/m0/s1. The third-order valence-electron chi connectivity index (χ3n) is 7.18. The van der Waals surface area contributed by atoms with E-state index in [1.54, 1.807) is 0 Å². The number of nitrogens with zero attached hydrogens (tertiary/aromatic N) is 3. The highest BCUT2D eigenvalue weighted by Gasteiger charge is 2.33. The molecule has 0 saturated carbocycles. The van der Waals surface area contributed by atoms with E-state index in [4.69, 9.17) is 14.2 Å². The maximum Gasteiger partial charge on any atom is 0.119 e. The fourth-order valence-corrected chi connectivity index (χ4v) is 4.91. The van der Waals surface area contributed by atoms with E-state index < -0.39 is 0 Å². The Morgan fingerprint density at radius 2 is 1.86 bits per heavy atom. The molecule has 0 bridgehead atoms. The number of hydrogen-bond donors (Lipinski definition) is 0. The molecule has 0 radical (unpaired) electrons. The normalized spacial score (nSPS) is 18.6. The van der Waals surface area contributed by atoms with Gasteiger partial charge >= 0.3 is 0 Å². The Kier molecular flexibility index (Phi) is 9.42. The summed E-state index contributed by atoms with van der Waals surface area (Å²) in [4.78, 5) is 6.91. The van der Waals surface area contributed by atoms with Gasteiger partial charge in [-0.25, -0.2) is 4.98 Å². The summed E-state index contributed by atoms with van der Waals surface area (Å²) in [6.45, 7) is 9.42. The molecular formula is C30H41N3O3. The Morgan fingerprint density at radius 3 is 2.67 bits per heavy atom. The number of likely N-dealkylation sites (tertiary alicyclic amines) is 1. The van der Waals surface area contributed by atoms with Gasteiger partial charge in [-0.3, -0.25) is 4.90 Å². The number of ether oxygens (including phenoxy) is 3.